The first-order chi connectivity index (χ1) is 8.58. The van der Waals surface area contributed by atoms with Gasteiger partial charge in [0.1, 0.15) is 5.75 Å². The Labute approximate surface area is 115 Å². The van der Waals surface area contributed by atoms with Crippen LogP contribution in [0.4, 0.5) is 0 Å². The zero-order valence-electron chi connectivity index (χ0n) is 10.3. The van der Waals surface area contributed by atoms with Gasteiger partial charge in [-0.3, -0.25) is 4.79 Å². The molecule has 2 rings (SSSR count). The average Bonchev–Trinajstić information content (AvgIpc) is 2.78. The molecule has 1 aromatic rings. The van der Waals surface area contributed by atoms with Crippen LogP contribution in [0.15, 0.2) is 28.7 Å². The molecule has 1 heterocycles. The normalized spacial score (nSPS) is 20.8. The molecule has 0 bridgehead atoms. The van der Waals surface area contributed by atoms with Gasteiger partial charge in [0.05, 0.1) is 4.47 Å². The molecule has 0 radical (unpaired) electrons. The summed E-state index contributed by atoms with van der Waals surface area (Å²) in [5.74, 6) is 0.681. The largest absolute Gasteiger partial charge is 0.480 e. The summed E-state index contributed by atoms with van der Waals surface area (Å²) in [6.45, 7) is 3.12. The number of ether oxygens (including phenoxy) is 1. The zero-order chi connectivity index (χ0) is 13.1. The number of amides is 1. The number of para-hydroxylation sites is 1. The summed E-state index contributed by atoms with van der Waals surface area (Å²) in [6.07, 6.45) is 0.377. The minimum absolute atomic E-state index is 0.00120. The molecule has 18 heavy (non-hydrogen) atoms. The van der Waals surface area contributed by atoms with E-state index in [-0.39, 0.29) is 11.9 Å². The summed E-state index contributed by atoms with van der Waals surface area (Å²) in [6, 6.07) is 7.61. The molecule has 0 saturated carbocycles. The maximum absolute atomic E-state index is 12.1. The maximum atomic E-state index is 12.1. The van der Waals surface area contributed by atoms with E-state index < -0.39 is 6.10 Å². The summed E-state index contributed by atoms with van der Waals surface area (Å²) in [5, 5.41) is 0. The molecule has 5 heteroatoms. The van der Waals surface area contributed by atoms with Crippen molar-refractivity contribution in [2.45, 2.75) is 25.5 Å². The first kappa shape index (κ1) is 13.4. The molecule has 0 aromatic heterocycles. The maximum Gasteiger partial charge on any atom is 0.263 e. The summed E-state index contributed by atoms with van der Waals surface area (Å²) in [4.78, 5) is 13.9. The third kappa shape index (κ3) is 3.03. The first-order valence-corrected chi connectivity index (χ1v) is 6.83. The minimum atomic E-state index is -0.492. The molecule has 2 N–H and O–H groups in total. The quantitative estimate of drug-likeness (QED) is 0.925. The fraction of sp³-hybridized carbons (Fsp3) is 0.462. The second kappa shape index (κ2) is 5.71. The van der Waals surface area contributed by atoms with E-state index >= 15 is 0 Å². The molecule has 4 nitrogen and oxygen atoms in total. The van der Waals surface area contributed by atoms with Crippen LogP contribution in [-0.4, -0.2) is 36.0 Å². The molecule has 0 unspecified atom stereocenters. The lowest BCUT2D eigenvalue weighted by molar-refractivity contribution is -0.136. The zero-order valence-corrected chi connectivity index (χ0v) is 11.9. The number of hydrogen-bond acceptors (Lipinski definition) is 3. The first-order valence-electron chi connectivity index (χ1n) is 6.03. The van der Waals surface area contributed by atoms with Gasteiger partial charge in [-0.15, -0.1) is 0 Å². The van der Waals surface area contributed by atoms with Gasteiger partial charge in [0.25, 0.3) is 5.91 Å². The molecule has 98 valence electrons. The van der Waals surface area contributed by atoms with E-state index in [4.69, 9.17) is 10.5 Å². The molecular formula is C13H17BrN2O2. The lowest BCUT2D eigenvalue weighted by Gasteiger charge is -2.21. The van der Waals surface area contributed by atoms with Gasteiger partial charge in [0.15, 0.2) is 6.10 Å². The molecule has 2 atom stereocenters. The van der Waals surface area contributed by atoms with Gasteiger partial charge in [-0.1, -0.05) is 12.1 Å². The highest BCUT2D eigenvalue weighted by molar-refractivity contribution is 9.10. The van der Waals surface area contributed by atoms with E-state index in [1.54, 1.807) is 11.8 Å². The molecule has 1 aliphatic rings. The summed E-state index contributed by atoms with van der Waals surface area (Å²) in [7, 11) is 0. The smallest absolute Gasteiger partial charge is 0.263 e. The van der Waals surface area contributed by atoms with Crippen molar-refractivity contribution in [3.05, 3.63) is 28.7 Å². The standard InChI is InChI=1S/C13H17BrN2O2/c1-9(13(17)16-7-6-10(15)8-16)18-12-5-3-2-4-11(12)14/h2-5,9-10H,6-8,15H2,1H3/t9-,10-/m1/s1. The Kier molecular flexibility index (Phi) is 4.24. The molecule has 1 aromatic carbocycles. The van der Waals surface area contributed by atoms with Crippen LogP contribution in [0.2, 0.25) is 0 Å². The minimum Gasteiger partial charge on any atom is -0.480 e. The second-order valence-corrected chi connectivity index (χ2v) is 5.38. The number of rotatable bonds is 3. The molecular weight excluding hydrogens is 296 g/mol. The third-order valence-corrected chi connectivity index (χ3v) is 3.68. The van der Waals surface area contributed by atoms with Crippen molar-refractivity contribution < 1.29 is 9.53 Å². The Balaban J connectivity index is 1.98. The van der Waals surface area contributed by atoms with Crippen LogP contribution in [0.1, 0.15) is 13.3 Å². The van der Waals surface area contributed by atoms with E-state index in [1.165, 1.54) is 0 Å². The molecule has 1 saturated heterocycles. The monoisotopic (exact) mass is 312 g/mol. The molecule has 1 amide bonds. The van der Waals surface area contributed by atoms with Gasteiger partial charge >= 0.3 is 0 Å². The van der Waals surface area contributed by atoms with Gasteiger partial charge in [-0.25, -0.2) is 0 Å². The van der Waals surface area contributed by atoms with E-state index in [9.17, 15) is 4.79 Å². The number of carbonyl (C=O) groups excluding carboxylic acids is 1. The van der Waals surface area contributed by atoms with Crippen molar-refractivity contribution in [3.8, 4) is 5.75 Å². The fourth-order valence-electron chi connectivity index (χ4n) is 2.03. The third-order valence-electron chi connectivity index (χ3n) is 3.02. The fourth-order valence-corrected chi connectivity index (χ4v) is 2.40. The highest BCUT2D eigenvalue weighted by atomic mass is 79.9. The van der Waals surface area contributed by atoms with E-state index in [2.05, 4.69) is 15.9 Å². The Morgan fingerprint density at radius 1 is 1.56 bits per heavy atom. The second-order valence-electron chi connectivity index (χ2n) is 4.52. The summed E-state index contributed by atoms with van der Waals surface area (Å²) < 4.78 is 6.53. The number of likely N-dealkylation sites (tertiary alicyclic amines) is 1. The highest BCUT2D eigenvalue weighted by Gasteiger charge is 2.28. The Hall–Kier alpha value is -1.07. The van der Waals surface area contributed by atoms with Crippen molar-refractivity contribution in [1.82, 2.24) is 4.90 Å². The predicted octanol–water partition coefficient (Wildman–Crippen LogP) is 1.78. The lowest BCUT2D eigenvalue weighted by atomic mass is 10.3. The van der Waals surface area contributed by atoms with Gasteiger partial charge < -0.3 is 15.4 Å². The highest BCUT2D eigenvalue weighted by Crippen LogP contribution is 2.25. The van der Waals surface area contributed by atoms with E-state index in [0.717, 1.165) is 17.4 Å². The van der Waals surface area contributed by atoms with E-state index in [1.807, 2.05) is 24.3 Å². The number of hydrogen-bond donors (Lipinski definition) is 1. The Morgan fingerprint density at radius 3 is 2.89 bits per heavy atom. The van der Waals surface area contributed by atoms with Crippen LogP contribution in [-0.2, 0) is 4.79 Å². The average molecular weight is 313 g/mol. The summed E-state index contributed by atoms with van der Waals surface area (Å²) >= 11 is 3.40. The lowest BCUT2D eigenvalue weighted by Crippen LogP contribution is -2.40. The van der Waals surface area contributed by atoms with Crippen molar-refractivity contribution in [2.75, 3.05) is 13.1 Å². The van der Waals surface area contributed by atoms with Crippen molar-refractivity contribution in [3.63, 3.8) is 0 Å². The number of carbonyl (C=O) groups is 1. The molecule has 0 spiro atoms. The SMILES string of the molecule is C[C@@H](Oc1ccccc1Br)C(=O)N1CC[C@@H](N)C1. The van der Waals surface area contributed by atoms with Crippen LogP contribution in [0, 0.1) is 0 Å². The Bertz CT molecular complexity index is 439. The van der Waals surface area contributed by atoms with Crippen molar-refractivity contribution in [1.29, 1.82) is 0 Å². The van der Waals surface area contributed by atoms with Crippen LogP contribution in [0.3, 0.4) is 0 Å². The van der Waals surface area contributed by atoms with Gasteiger partial charge in [-0.05, 0) is 41.4 Å². The Morgan fingerprint density at radius 2 is 2.28 bits per heavy atom. The van der Waals surface area contributed by atoms with Crippen molar-refractivity contribution in [2.24, 2.45) is 5.73 Å². The van der Waals surface area contributed by atoms with E-state index in [0.29, 0.717) is 12.3 Å². The number of nitrogens with two attached hydrogens (primary N) is 1. The molecule has 1 aliphatic heterocycles. The van der Waals surface area contributed by atoms with Crippen LogP contribution < -0.4 is 10.5 Å². The van der Waals surface area contributed by atoms with Crippen LogP contribution in [0.25, 0.3) is 0 Å². The molecule has 1 fully saturated rings. The van der Waals surface area contributed by atoms with Crippen LogP contribution >= 0.6 is 15.9 Å². The van der Waals surface area contributed by atoms with Gasteiger partial charge in [0, 0.05) is 19.1 Å². The van der Waals surface area contributed by atoms with Crippen molar-refractivity contribution >= 4 is 21.8 Å². The predicted molar refractivity (Wildman–Crippen MR) is 73.4 cm³/mol. The van der Waals surface area contributed by atoms with Gasteiger partial charge in [-0.2, -0.15) is 0 Å². The molecule has 0 aliphatic carbocycles. The topological polar surface area (TPSA) is 55.6 Å². The summed E-state index contributed by atoms with van der Waals surface area (Å²) in [5.41, 5.74) is 5.80. The number of halogens is 1. The number of benzene rings is 1. The number of nitrogens with zero attached hydrogens (tertiary/aromatic N) is 1. The van der Waals surface area contributed by atoms with Gasteiger partial charge in [0.2, 0.25) is 0 Å². The van der Waals surface area contributed by atoms with Crippen LogP contribution in [0.5, 0.6) is 5.75 Å².